The standard InChI is InChI=1S/C6H11N3O4S/c1-5-8-6(13-9-5)12-4-3-7-14(2,10)11/h7H,3-4H2,1-2H3. The maximum Gasteiger partial charge on any atom is 0.417 e. The van der Waals surface area contributed by atoms with Crippen molar-refractivity contribution in [2.45, 2.75) is 6.92 Å². The molecule has 0 aliphatic heterocycles. The molecule has 7 nitrogen and oxygen atoms in total. The Morgan fingerprint density at radius 3 is 2.79 bits per heavy atom. The quantitative estimate of drug-likeness (QED) is 0.661. The minimum atomic E-state index is -3.17. The van der Waals surface area contributed by atoms with Gasteiger partial charge in [-0.1, -0.05) is 5.16 Å². The fourth-order valence-electron chi connectivity index (χ4n) is 0.702. The molecule has 0 fully saturated rings. The van der Waals surface area contributed by atoms with Crippen molar-refractivity contribution in [1.29, 1.82) is 0 Å². The highest BCUT2D eigenvalue weighted by molar-refractivity contribution is 7.88. The SMILES string of the molecule is Cc1noc(OCCNS(C)(=O)=O)n1. The summed E-state index contributed by atoms with van der Waals surface area (Å²) < 4.78 is 33.1. The number of nitrogens with zero attached hydrogens (tertiary/aromatic N) is 2. The van der Waals surface area contributed by atoms with Crippen molar-refractivity contribution in [3.63, 3.8) is 0 Å². The van der Waals surface area contributed by atoms with E-state index in [0.29, 0.717) is 5.82 Å². The lowest BCUT2D eigenvalue weighted by Gasteiger charge is -2.00. The summed E-state index contributed by atoms with van der Waals surface area (Å²) >= 11 is 0. The van der Waals surface area contributed by atoms with Crippen molar-refractivity contribution < 1.29 is 17.7 Å². The molecule has 14 heavy (non-hydrogen) atoms. The van der Waals surface area contributed by atoms with Crippen molar-refractivity contribution in [2.75, 3.05) is 19.4 Å². The van der Waals surface area contributed by atoms with Crippen LogP contribution in [0.25, 0.3) is 0 Å². The van der Waals surface area contributed by atoms with Crippen LogP contribution in [0.5, 0.6) is 6.08 Å². The maximum atomic E-state index is 10.6. The van der Waals surface area contributed by atoms with E-state index < -0.39 is 10.0 Å². The van der Waals surface area contributed by atoms with E-state index in [1.165, 1.54) is 0 Å². The summed E-state index contributed by atoms with van der Waals surface area (Å²) in [5, 5.41) is 3.49. The molecule has 1 heterocycles. The lowest BCUT2D eigenvalue weighted by atomic mass is 10.7. The van der Waals surface area contributed by atoms with Crippen LogP contribution in [0.15, 0.2) is 4.52 Å². The average Bonchev–Trinajstić information content (AvgIpc) is 2.44. The number of nitrogens with one attached hydrogen (secondary N) is 1. The summed E-state index contributed by atoms with van der Waals surface area (Å²) in [6, 6.07) is 0. The van der Waals surface area contributed by atoms with Crippen LogP contribution in [0, 0.1) is 6.92 Å². The van der Waals surface area contributed by atoms with Gasteiger partial charge < -0.3 is 4.74 Å². The molecule has 1 rings (SSSR count). The largest absolute Gasteiger partial charge is 0.447 e. The van der Waals surface area contributed by atoms with Gasteiger partial charge >= 0.3 is 6.08 Å². The van der Waals surface area contributed by atoms with Crippen LogP contribution >= 0.6 is 0 Å². The molecule has 0 aromatic carbocycles. The number of hydrogen-bond acceptors (Lipinski definition) is 6. The van der Waals surface area contributed by atoms with Gasteiger partial charge in [0.1, 0.15) is 6.61 Å². The van der Waals surface area contributed by atoms with Crippen LogP contribution in [-0.4, -0.2) is 38.0 Å². The predicted molar refractivity (Wildman–Crippen MR) is 47.4 cm³/mol. The van der Waals surface area contributed by atoms with Crippen molar-refractivity contribution in [3.8, 4) is 6.08 Å². The monoisotopic (exact) mass is 221 g/mol. The Morgan fingerprint density at radius 1 is 1.57 bits per heavy atom. The second-order valence-electron chi connectivity index (χ2n) is 2.62. The van der Waals surface area contributed by atoms with Gasteiger partial charge in [-0.25, -0.2) is 13.1 Å². The maximum absolute atomic E-state index is 10.6. The molecule has 0 unspecified atom stereocenters. The Morgan fingerprint density at radius 2 is 2.29 bits per heavy atom. The van der Waals surface area contributed by atoms with E-state index in [-0.39, 0.29) is 19.2 Å². The molecule has 0 saturated carbocycles. The lowest BCUT2D eigenvalue weighted by Crippen LogP contribution is -2.26. The molecule has 0 bridgehead atoms. The fraction of sp³-hybridized carbons (Fsp3) is 0.667. The lowest BCUT2D eigenvalue weighted by molar-refractivity contribution is 0.208. The number of ether oxygens (including phenoxy) is 1. The second kappa shape index (κ2) is 4.38. The van der Waals surface area contributed by atoms with E-state index in [2.05, 4.69) is 19.4 Å². The second-order valence-corrected chi connectivity index (χ2v) is 4.46. The predicted octanol–water partition coefficient (Wildman–Crippen LogP) is -0.694. The van der Waals surface area contributed by atoms with Gasteiger partial charge in [-0.2, -0.15) is 4.98 Å². The highest BCUT2D eigenvalue weighted by Gasteiger charge is 2.03. The molecule has 0 atom stereocenters. The molecule has 80 valence electrons. The van der Waals surface area contributed by atoms with E-state index in [1.807, 2.05) is 0 Å². The Kier molecular flexibility index (Phi) is 3.42. The third-order valence-corrected chi connectivity index (χ3v) is 1.93. The number of aromatic nitrogens is 2. The molecule has 0 radical (unpaired) electrons. The van der Waals surface area contributed by atoms with Crippen LogP contribution in [0.4, 0.5) is 0 Å². The minimum absolute atomic E-state index is 0.0396. The molecule has 0 spiro atoms. The summed E-state index contributed by atoms with van der Waals surface area (Å²) in [4.78, 5) is 3.77. The summed E-state index contributed by atoms with van der Waals surface area (Å²) in [6.45, 7) is 1.97. The summed E-state index contributed by atoms with van der Waals surface area (Å²) in [7, 11) is -3.17. The summed E-state index contributed by atoms with van der Waals surface area (Å²) in [6.07, 6.45) is 1.11. The third kappa shape index (κ3) is 4.19. The van der Waals surface area contributed by atoms with Crippen LogP contribution in [-0.2, 0) is 10.0 Å². The highest BCUT2D eigenvalue weighted by Crippen LogP contribution is 2.04. The molecule has 8 heteroatoms. The van der Waals surface area contributed by atoms with Gasteiger partial charge in [-0.3, -0.25) is 4.52 Å². The Hall–Kier alpha value is -1.15. The Bertz CT molecular complexity index is 386. The first-order chi connectivity index (χ1) is 6.47. The molecule has 0 aliphatic rings. The van der Waals surface area contributed by atoms with E-state index in [0.717, 1.165) is 6.26 Å². The van der Waals surface area contributed by atoms with Gasteiger partial charge in [0.15, 0.2) is 5.82 Å². The zero-order chi connectivity index (χ0) is 10.6. The molecular weight excluding hydrogens is 210 g/mol. The van der Waals surface area contributed by atoms with E-state index in [9.17, 15) is 8.42 Å². The third-order valence-electron chi connectivity index (χ3n) is 1.20. The zero-order valence-corrected chi connectivity index (χ0v) is 8.67. The number of hydrogen-bond donors (Lipinski definition) is 1. The minimum Gasteiger partial charge on any atom is -0.447 e. The van der Waals surface area contributed by atoms with E-state index in [1.54, 1.807) is 6.92 Å². The van der Waals surface area contributed by atoms with Crippen LogP contribution in [0.1, 0.15) is 5.82 Å². The normalized spacial score (nSPS) is 11.6. The molecule has 1 aromatic rings. The van der Waals surface area contributed by atoms with Crippen molar-refractivity contribution in [2.24, 2.45) is 0 Å². The van der Waals surface area contributed by atoms with Gasteiger partial charge in [0, 0.05) is 6.54 Å². The molecular formula is C6H11N3O4S. The van der Waals surface area contributed by atoms with Crippen LogP contribution in [0.2, 0.25) is 0 Å². The number of aryl methyl sites for hydroxylation is 1. The first kappa shape index (κ1) is 10.9. The van der Waals surface area contributed by atoms with Gasteiger partial charge in [-0.05, 0) is 6.92 Å². The Balaban J connectivity index is 2.23. The number of rotatable bonds is 5. The summed E-state index contributed by atoms with van der Waals surface area (Å²) in [5.41, 5.74) is 0. The van der Waals surface area contributed by atoms with E-state index >= 15 is 0 Å². The average molecular weight is 221 g/mol. The topological polar surface area (TPSA) is 94.3 Å². The smallest absolute Gasteiger partial charge is 0.417 e. The highest BCUT2D eigenvalue weighted by atomic mass is 32.2. The van der Waals surface area contributed by atoms with Crippen molar-refractivity contribution in [3.05, 3.63) is 5.82 Å². The van der Waals surface area contributed by atoms with Gasteiger partial charge in [0.25, 0.3) is 0 Å². The first-order valence-electron chi connectivity index (χ1n) is 3.85. The van der Waals surface area contributed by atoms with Crippen molar-refractivity contribution in [1.82, 2.24) is 14.9 Å². The number of sulfonamides is 1. The molecule has 0 aliphatic carbocycles. The summed E-state index contributed by atoms with van der Waals surface area (Å²) in [5.74, 6) is 0.469. The zero-order valence-electron chi connectivity index (χ0n) is 7.85. The Labute approximate surface area is 81.5 Å². The van der Waals surface area contributed by atoms with Gasteiger partial charge in [0.05, 0.1) is 6.26 Å². The van der Waals surface area contributed by atoms with Gasteiger partial charge in [0.2, 0.25) is 10.0 Å². The van der Waals surface area contributed by atoms with Crippen LogP contribution in [0.3, 0.4) is 0 Å². The van der Waals surface area contributed by atoms with Crippen molar-refractivity contribution >= 4 is 10.0 Å². The molecule has 1 N–H and O–H groups in total. The van der Waals surface area contributed by atoms with Gasteiger partial charge in [-0.15, -0.1) is 0 Å². The molecule has 0 amide bonds. The van der Waals surface area contributed by atoms with Crippen LogP contribution < -0.4 is 9.46 Å². The first-order valence-corrected chi connectivity index (χ1v) is 5.74. The molecule has 0 saturated heterocycles. The molecule has 1 aromatic heterocycles. The fourth-order valence-corrected chi connectivity index (χ4v) is 1.16. The van der Waals surface area contributed by atoms with E-state index in [4.69, 9.17) is 4.74 Å².